The molecule has 0 spiro atoms. The summed E-state index contributed by atoms with van der Waals surface area (Å²) in [6.45, 7) is 14.8. The zero-order valence-corrected chi connectivity index (χ0v) is 19.0. The first kappa shape index (κ1) is 21.0. The molecular weight excluding hydrogens is 372 g/mol. The number of rotatable bonds is 4. The van der Waals surface area contributed by atoms with Gasteiger partial charge in [-0.15, -0.1) is 0 Å². The van der Waals surface area contributed by atoms with E-state index in [2.05, 4.69) is 69.1 Å². The Morgan fingerprint density at radius 2 is 2.07 bits per heavy atom. The minimum absolute atomic E-state index is 0.125. The van der Waals surface area contributed by atoms with Crippen LogP contribution in [0.25, 0.3) is 0 Å². The fourth-order valence-electron chi connectivity index (χ4n) is 4.79. The molecule has 2 aromatic rings. The second kappa shape index (κ2) is 8.12. The maximum Gasteiger partial charge on any atom is 0.241 e. The van der Waals surface area contributed by atoms with Crippen molar-refractivity contribution in [2.24, 2.45) is 0 Å². The van der Waals surface area contributed by atoms with Crippen molar-refractivity contribution in [2.75, 3.05) is 37.6 Å². The number of amides is 1. The number of aromatic nitrogens is 1. The number of nitrogens with one attached hydrogen (secondary N) is 1. The van der Waals surface area contributed by atoms with E-state index in [-0.39, 0.29) is 11.3 Å². The number of aryl methyl sites for hydroxylation is 2. The smallest absolute Gasteiger partial charge is 0.241 e. The first-order chi connectivity index (χ1) is 14.2. The number of nitrogens with zero attached hydrogens (tertiary/aromatic N) is 3. The third-order valence-corrected chi connectivity index (χ3v) is 6.41. The normalized spacial score (nSPS) is 21.0. The van der Waals surface area contributed by atoms with E-state index in [9.17, 15) is 4.79 Å². The molecule has 1 aromatic heterocycles. The lowest BCUT2D eigenvalue weighted by molar-refractivity contribution is -0.120. The summed E-state index contributed by atoms with van der Waals surface area (Å²) in [4.78, 5) is 22.3. The molecule has 1 amide bonds. The van der Waals surface area contributed by atoms with Crippen molar-refractivity contribution in [3.63, 3.8) is 0 Å². The molecule has 5 heteroatoms. The van der Waals surface area contributed by atoms with Crippen LogP contribution in [0.3, 0.4) is 0 Å². The van der Waals surface area contributed by atoms with Crippen molar-refractivity contribution >= 4 is 11.6 Å². The molecule has 0 saturated carbocycles. The Labute approximate surface area is 180 Å². The number of hydrogen-bond donors (Lipinski definition) is 1. The number of benzene rings is 1. The molecule has 1 aromatic carbocycles. The first-order valence-corrected chi connectivity index (χ1v) is 11.0. The van der Waals surface area contributed by atoms with Gasteiger partial charge < -0.3 is 10.2 Å². The van der Waals surface area contributed by atoms with E-state index in [0.717, 1.165) is 43.0 Å². The lowest BCUT2D eigenvalue weighted by atomic mass is 9.91. The molecular formula is C25H34N4O. The van der Waals surface area contributed by atoms with E-state index < -0.39 is 0 Å². The Morgan fingerprint density at radius 3 is 2.80 bits per heavy atom. The Bertz CT molecular complexity index is 952. The number of anilines is 1. The van der Waals surface area contributed by atoms with Crippen molar-refractivity contribution in [3.05, 3.63) is 58.4 Å². The number of pyridine rings is 1. The molecule has 1 saturated heterocycles. The Kier molecular flexibility index (Phi) is 5.69. The molecule has 1 fully saturated rings. The summed E-state index contributed by atoms with van der Waals surface area (Å²) in [6.07, 6.45) is 2.83. The average molecular weight is 407 g/mol. The minimum Gasteiger partial charge on any atom is -0.312 e. The number of fused-ring (bicyclic) bond motifs is 1. The van der Waals surface area contributed by atoms with Crippen LogP contribution in [-0.2, 0) is 16.6 Å². The van der Waals surface area contributed by atoms with Crippen molar-refractivity contribution in [2.45, 2.75) is 52.5 Å². The van der Waals surface area contributed by atoms with Gasteiger partial charge in [-0.3, -0.25) is 14.7 Å². The van der Waals surface area contributed by atoms with Crippen LogP contribution in [0.4, 0.5) is 5.69 Å². The summed E-state index contributed by atoms with van der Waals surface area (Å²) in [7, 11) is 0. The van der Waals surface area contributed by atoms with Gasteiger partial charge in [-0.1, -0.05) is 37.6 Å². The molecule has 5 nitrogen and oxygen atoms in total. The second-order valence-electron chi connectivity index (χ2n) is 9.77. The molecule has 3 heterocycles. The van der Waals surface area contributed by atoms with Gasteiger partial charge in [0.1, 0.15) is 0 Å². The van der Waals surface area contributed by atoms with Crippen LogP contribution >= 0.6 is 0 Å². The Balaban J connectivity index is 1.57. The molecule has 160 valence electrons. The molecule has 1 atom stereocenters. The number of hydrogen-bond acceptors (Lipinski definition) is 4. The quantitative estimate of drug-likeness (QED) is 0.847. The van der Waals surface area contributed by atoms with Crippen molar-refractivity contribution in [1.82, 2.24) is 15.2 Å². The summed E-state index contributed by atoms with van der Waals surface area (Å²) in [5.74, 6) is 0.182. The summed E-state index contributed by atoms with van der Waals surface area (Å²) in [5, 5.41) is 3.45. The molecule has 2 aliphatic rings. The predicted molar refractivity (Wildman–Crippen MR) is 122 cm³/mol. The van der Waals surface area contributed by atoms with Gasteiger partial charge in [0.2, 0.25) is 5.91 Å². The number of piperazine rings is 1. The lowest BCUT2D eigenvalue weighted by Crippen LogP contribution is -2.52. The van der Waals surface area contributed by atoms with Crippen LogP contribution < -0.4 is 10.2 Å². The number of carbonyl (C=O) groups is 1. The number of carbonyl (C=O) groups excluding carboxylic acids is 1. The summed E-state index contributed by atoms with van der Waals surface area (Å²) in [6, 6.07) is 9.21. The average Bonchev–Trinajstić information content (AvgIpc) is 2.95. The minimum atomic E-state index is -0.125. The van der Waals surface area contributed by atoms with Crippen LogP contribution in [0.1, 0.15) is 48.7 Å². The monoisotopic (exact) mass is 406 g/mol. The van der Waals surface area contributed by atoms with Crippen molar-refractivity contribution < 1.29 is 4.79 Å². The molecule has 0 radical (unpaired) electrons. The third kappa shape index (κ3) is 4.28. The maximum absolute atomic E-state index is 13.3. The van der Waals surface area contributed by atoms with E-state index in [1.807, 2.05) is 11.1 Å². The zero-order chi connectivity index (χ0) is 21.5. The topological polar surface area (TPSA) is 48.5 Å². The Morgan fingerprint density at radius 1 is 1.27 bits per heavy atom. The SMILES string of the molecule is Cc1ccc(Cc2cnc3c(c2)N(C(=O)CN2CCNC(C)C2)CC3(C)C)c(C)c1. The molecule has 0 bridgehead atoms. The van der Waals surface area contributed by atoms with Gasteiger partial charge in [0.25, 0.3) is 0 Å². The Hall–Kier alpha value is -2.24. The van der Waals surface area contributed by atoms with Crippen LogP contribution in [0.15, 0.2) is 30.5 Å². The van der Waals surface area contributed by atoms with Crippen LogP contribution in [0.2, 0.25) is 0 Å². The van der Waals surface area contributed by atoms with Gasteiger partial charge in [-0.05, 0) is 49.9 Å². The van der Waals surface area contributed by atoms with Crippen LogP contribution in [0, 0.1) is 13.8 Å². The first-order valence-electron chi connectivity index (χ1n) is 11.0. The highest BCUT2D eigenvalue weighted by atomic mass is 16.2. The second-order valence-corrected chi connectivity index (χ2v) is 9.77. The third-order valence-electron chi connectivity index (χ3n) is 6.41. The van der Waals surface area contributed by atoms with Crippen LogP contribution in [-0.4, -0.2) is 54.6 Å². The summed E-state index contributed by atoms with van der Waals surface area (Å²) >= 11 is 0. The standard InChI is InChI=1S/C25H34N4O/c1-17-6-7-21(18(2)10-17)11-20-12-22-24(27-13-20)25(4,5)16-29(22)23(30)15-28-9-8-26-19(3)14-28/h6-7,10,12-13,19,26H,8-9,11,14-16H2,1-5H3. The fraction of sp³-hybridized carbons (Fsp3) is 0.520. The van der Waals surface area contributed by atoms with E-state index in [4.69, 9.17) is 4.98 Å². The zero-order valence-electron chi connectivity index (χ0n) is 19.0. The van der Waals surface area contributed by atoms with Gasteiger partial charge in [0.15, 0.2) is 0 Å². The van der Waals surface area contributed by atoms with E-state index in [1.165, 1.54) is 16.7 Å². The van der Waals surface area contributed by atoms with Crippen LogP contribution in [0.5, 0.6) is 0 Å². The molecule has 4 rings (SSSR count). The molecule has 1 N–H and O–H groups in total. The fourth-order valence-corrected chi connectivity index (χ4v) is 4.79. The van der Waals surface area contributed by atoms with Gasteiger partial charge in [0.05, 0.1) is 17.9 Å². The van der Waals surface area contributed by atoms with Crippen molar-refractivity contribution in [3.8, 4) is 0 Å². The largest absolute Gasteiger partial charge is 0.312 e. The van der Waals surface area contributed by atoms with E-state index >= 15 is 0 Å². The predicted octanol–water partition coefficient (Wildman–Crippen LogP) is 3.21. The molecule has 1 unspecified atom stereocenters. The summed E-state index contributed by atoms with van der Waals surface area (Å²) < 4.78 is 0. The van der Waals surface area contributed by atoms with E-state index in [0.29, 0.717) is 19.1 Å². The van der Waals surface area contributed by atoms with Gasteiger partial charge in [0, 0.05) is 43.8 Å². The molecule has 2 aliphatic heterocycles. The summed E-state index contributed by atoms with van der Waals surface area (Å²) in [5.41, 5.74) is 6.96. The van der Waals surface area contributed by atoms with E-state index in [1.54, 1.807) is 0 Å². The van der Waals surface area contributed by atoms with Gasteiger partial charge in [-0.25, -0.2) is 0 Å². The highest BCUT2D eigenvalue weighted by molar-refractivity contribution is 5.97. The van der Waals surface area contributed by atoms with Crippen molar-refractivity contribution in [1.29, 1.82) is 0 Å². The highest BCUT2D eigenvalue weighted by Gasteiger charge is 2.40. The lowest BCUT2D eigenvalue weighted by Gasteiger charge is -2.32. The van der Waals surface area contributed by atoms with Gasteiger partial charge in [-0.2, -0.15) is 0 Å². The molecule has 0 aliphatic carbocycles. The maximum atomic E-state index is 13.3. The highest BCUT2D eigenvalue weighted by Crippen LogP contribution is 2.39. The van der Waals surface area contributed by atoms with Gasteiger partial charge >= 0.3 is 0 Å². The molecule has 30 heavy (non-hydrogen) atoms.